The second-order valence-electron chi connectivity index (χ2n) is 8.70. The number of amides is 1. The molecule has 0 bridgehead atoms. The van der Waals surface area contributed by atoms with Crippen LogP contribution in [0.15, 0.2) is 52.6 Å². The van der Waals surface area contributed by atoms with Crippen LogP contribution in [0.3, 0.4) is 0 Å². The summed E-state index contributed by atoms with van der Waals surface area (Å²) in [6.45, 7) is 4.23. The van der Waals surface area contributed by atoms with Crippen molar-refractivity contribution in [3.05, 3.63) is 59.7 Å². The Morgan fingerprint density at radius 3 is 2.73 bits per heavy atom. The quantitative estimate of drug-likeness (QED) is 0.234. The van der Waals surface area contributed by atoms with Gasteiger partial charge < -0.3 is 35.4 Å². The third-order valence-corrected chi connectivity index (χ3v) is 5.31. The number of nitrogens with zero attached hydrogens (tertiary/aromatic N) is 4. The highest BCUT2D eigenvalue weighted by Gasteiger charge is 2.28. The van der Waals surface area contributed by atoms with E-state index in [1.54, 1.807) is 17.2 Å². The maximum Gasteiger partial charge on any atom is 0.437 e. The van der Waals surface area contributed by atoms with E-state index in [1.807, 2.05) is 13.8 Å². The number of hydrogen-bond donors (Lipinski definition) is 2. The van der Waals surface area contributed by atoms with Crippen molar-refractivity contribution in [2.45, 2.75) is 32.7 Å². The summed E-state index contributed by atoms with van der Waals surface area (Å²) in [5.74, 6) is -1.63. The lowest BCUT2D eigenvalue weighted by molar-refractivity contribution is -0.118. The molecule has 3 heterocycles. The first kappa shape index (κ1) is 25.7. The van der Waals surface area contributed by atoms with Gasteiger partial charge in [-0.25, -0.2) is 18.6 Å². The third-order valence-electron chi connectivity index (χ3n) is 5.31. The zero-order valence-electron chi connectivity index (χ0n) is 20.2. The zero-order valence-corrected chi connectivity index (χ0v) is 20.2. The standard InChI is InChI=1S/C24H26F2N6O5/c1-24(2)35-13-17(37-24)6-7-36-31-16-10-32(11-16)21-19(25)8-15(9-29-21)18-5-3-4-14(20(18)26)12-34-23(33)30-22(27)28/h3-5,8-9,13H,6-7,10-12H2,1-2H3,(H4,27,28,30,33). The van der Waals surface area contributed by atoms with Crippen LogP contribution in [0.4, 0.5) is 19.4 Å². The zero-order chi connectivity index (χ0) is 26.6. The number of anilines is 1. The highest BCUT2D eigenvalue weighted by molar-refractivity contribution is 5.99. The number of carbonyl (C=O) groups is 1. The molecule has 0 unspecified atom stereocenters. The molecule has 0 saturated carbocycles. The molecule has 4 rings (SSSR count). The number of nitrogens with two attached hydrogens (primary N) is 2. The molecule has 1 aromatic heterocycles. The van der Waals surface area contributed by atoms with Gasteiger partial charge in [-0.1, -0.05) is 23.4 Å². The number of ether oxygens (including phenoxy) is 3. The summed E-state index contributed by atoms with van der Waals surface area (Å²) in [6, 6.07) is 5.64. The molecule has 4 N–H and O–H groups in total. The minimum atomic E-state index is -1.05. The van der Waals surface area contributed by atoms with E-state index in [2.05, 4.69) is 15.1 Å². The van der Waals surface area contributed by atoms with E-state index in [-0.39, 0.29) is 22.5 Å². The average Bonchev–Trinajstić information content (AvgIpc) is 3.15. The van der Waals surface area contributed by atoms with E-state index in [0.717, 1.165) is 5.71 Å². The summed E-state index contributed by atoms with van der Waals surface area (Å²) in [7, 11) is 0. The summed E-state index contributed by atoms with van der Waals surface area (Å²) in [6.07, 6.45) is 2.39. The normalized spacial score (nSPS) is 15.6. The second kappa shape index (κ2) is 10.7. The minimum absolute atomic E-state index is 0.0664. The highest BCUT2D eigenvalue weighted by Crippen LogP contribution is 2.29. The van der Waals surface area contributed by atoms with E-state index in [9.17, 15) is 13.6 Å². The molecule has 1 amide bonds. The number of carbonyl (C=O) groups excluding carboxylic acids is 1. The van der Waals surface area contributed by atoms with E-state index >= 15 is 0 Å². The highest BCUT2D eigenvalue weighted by atomic mass is 19.1. The van der Waals surface area contributed by atoms with Gasteiger partial charge in [0.1, 0.15) is 31.1 Å². The molecule has 0 radical (unpaired) electrons. The summed E-state index contributed by atoms with van der Waals surface area (Å²) >= 11 is 0. The Bertz CT molecular complexity index is 1270. The number of aliphatic imine (C=N–C) groups is 1. The van der Waals surface area contributed by atoms with Crippen LogP contribution in [0.5, 0.6) is 0 Å². The molecule has 11 nitrogen and oxygen atoms in total. The van der Waals surface area contributed by atoms with Crippen LogP contribution in [0.2, 0.25) is 0 Å². The minimum Gasteiger partial charge on any atom is -0.457 e. The molecule has 196 valence electrons. The first-order valence-electron chi connectivity index (χ1n) is 11.3. The fourth-order valence-electron chi connectivity index (χ4n) is 3.57. The van der Waals surface area contributed by atoms with Gasteiger partial charge in [-0.2, -0.15) is 0 Å². The van der Waals surface area contributed by atoms with Gasteiger partial charge in [0, 0.05) is 43.2 Å². The van der Waals surface area contributed by atoms with Crippen LogP contribution in [-0.2, 0) is 25.7 Å². The molecule has 2 aromatic rings. The number of benzene rings is 1. The van der Waals surface area contributed by atoms with Gasteiger partial charge in [0.25, 0.3) is 0 Å². The van der Waals surface area contributed by atoms with Crippen molar-refractivity contribution >= 4 is 23.6 Å². The summed E-state index contributed by atoms with van der Waals surface area (Å²) in [5, 5.41) is 4.06. The Morgan fingerprint density at radius 1 is 1.27 bits per heavy atom. The molecule has 13 heteroatoms. The van der Waals surface area contributed by atoms with Crippen LogP contribution < -0.4 is 16.4 Å². The Morgan fingerprint density at radius 2 is 2.05 bits per heavy atom. The molecule has 0 spiro atoms. The van der Waals surface area contributed by atoms with E-state index in [1.165, 1.54) is 24.4 Å². The molecule has 2 aliphatic heterocycles. The number of halogens is 2. The SMILES string of the molecule is CC1(C)OC=C(CCON=C2CN(c3ncc(-c4cccc(COC(=O)N=C(N)N)c4F)cc3F)C2)O1. The van der Waals surface area contributed by atoms with Gasteiger partial charge in [0.2, 0.25) is 5.79 Å². The van der Waals surface area contributed by atoms with Crippen molar-refractivity contribution < 1.29 is 32.6 Å². The lowest BCUT2D eigenvalue weighted by Gasteiger charge is -2.33. The van der Waals surface area contributed by atoms with Crippen molar-refractivity contribution in [1.82, 2.24) is 4.98 Å². The maximum atomic E-state index is 15.0. The number of pyridine rings is 1. The summed E-state index contributed by atoms with van der Waals surface area (Å²) in [5.41, 5.74) is 11.3. The molecule has 0 atom stereocenters. The molecule has 1 fully saturated rings. The van der Waals surface area contributed by atoms with Crippen molar-refractivity contribution in [3.8, 4) is 11.1 Å². The van der Waals surface area contributed by atoms with E-state index in [0.29, 0.717) is 31.9 Å². The number of hydrogen-bond acceptors (Lipinski definition) is 8. The van der Waals surface area contributed by atoms with Crippen molar-refractivity contribution in [2.75, 3.05) is 24.6 Å². The topological polar surface area (TPSA) is 147 Å². The number of aromatic nitrogens is 1. The number of oxime groups is 1. The summed E-state index contributed by atoms with van der Waals surface area (Å²) in [4.78, 5) is 25.8. The van der Waals surface area contributed by atoms with Crippen LogP contribution in [0.1, 0.15) is 25.8 Å². The van der Waals surface area contributed by atoms with Gasteiger partial charge in [-0.3, -0.25) is 0 Å². The molecule has 0 aliphatic carbocycles. The Kier molecular flexibility index (Phi) is 7.41. The first-order valence-corrected chi connectivity index (χ1v) is 11.3. The van der Waals surface area contributed by atoms with Crippen molar-refractivity contribution in [3.63, 3.8) is 0 Å². The molecular weight excluding hydrogens is 490 g/mol. The van der Waals surface area contributed by atoms with Crippen LogP contribution in [0, 0.1) is 11.6 Å². The average molecular weight is 517 g/mol. The predicted molar refractivity (Wildman–Crippen MR) is 130 cm³/mol. The lowest BCUT2D eigenvalue weighted by Crippen LogP contribution is -2.48. The maximum absolute atomic E-state index is 15.0. The number of rotatable bonds is 8. The lowest BCUT2D eigenvalue weighted by atomic mass is 10.0. The van der Waals surface area contributed by atoms with Crippen LogP contribution >= 0.6 is 0 Å². The van der Waals surface area contributed by atoms with Crippen LogP contribution in [0.25, 0.3) is 11.1 Å². The Balaban J connectivity index is 1.32. The van der Waals surface area contributed by atoms with Crippen LogP contribution in [-0.4, -0.2) is 48.2 Å². The fraction of sp³-hybridized carbons (Fsp3) is 0.333. The van der Waals surface area contributed by atoms with Gasteiger partial charge in [0.05, 0.1) is 18.8 Å². The van der Waals surface area contributed by atoms with Crippen molar-refractivity contribution in [1.29, 1.82) is 0 Å². The predicted octanol–water partition coefficient (Wildman–Crippen LogP) is 3.14. The van der Waals surface area contributed by atoms with E-state index in [4.69, 9.17) is 30.5 Å². The van der Waals surface area contributed by atoms with Gasteiger partial charge >= 0.3 is 6.09 Å². The summed E-state index contributed by atoms with van der Waals surface area (Å²) < 4.78 is 45.6. The van der Waals surface area contributed by atoms with Gasteiger partial charge in [-0.05, 0) is 6.07 Å². The largest absolute Gasteiger partial charge is 0.457 e. The van der Waals surface area contributed by atoms with Gasteiger partial charge in [-0.15, -0.1) is 4.99 Å². The Labute approximate surface area is 211 Å². The molecule has 2 aliphatic rings. The monoisotopic (exact) mass is 516 g/mol. The van der Waals surface area contributed by atoms with Crippen molar-refractivity contribution in [2.24, 2.45) is 21.6 Å². The van der Waals surface area contributed by atoms with Gasteiger partial charge in [0.15, 0.2) is 17.6 Å². The Hall–Kier alpha value is -4.42. The molecule has 37 heavy (non-hydrogen) atoms. The smallest absolute Gasteiger partial charge is 0.437 e. The number of guanidine groups is 1. The van der Waals surface area contributed by atoms with E-state index < -0.39 is 36.1 Å². The fourth-order valence-corrected chi connectivity index (χ4v) is 3.57. The first-order chi connectivity index (χ1) is 17.6. The molecule has 1 aromatic carbocycles. The third kappa shape index (κ3) is 6.42. The molecule has 1 saturated heterocycles. The molecular formula is C24H26F2N6O5. The second-order valence-corrected chi connectivity index (χ2v) is 8.70.